The van der Waals surface area contributed by atoms with E-state index in [0.29, 0.717) is 19.8 Å². The lowest BCUT2D eigenvalue weighted by Crippen LogP contribution is -2.50. The maximum atomic E-state index is 11.7. The Morgan fingerprint density at radius 1 is 1.56 bits per heavy atom. The topological polar surface area (TPSA) is 83.9 Å². The minimum atomic E-state index is -3.12. The molecule has 0 spiro atoms. The highest BCUT2D eigenvalue weighted by molar-refractivity contribution is 7.90. The van der Waals surface area contributed by atoms with Crippen LogP contribution in [0.15, 0.2) is 0 Å². The highest BCUT2D eigenvalue weighted by Crippen LogP contribution is 2.08. The molecule has 1 rings (SSSR count). The third kappa shape index (κ3) is 4.07. The van der Waals surface area contributed by atoms with Gasteiger partial charge in [-0.05, 0) is 0 Å². The van der Waals surface area contributed by atoms with Crippen LogP contribution in [0.4, 0.5) is 0 Å². The van der Waals surface area contributed by atoms with Gasteiger partial charge in [0, 0.05) is 19.2 Å². The van der Waals surface area contributed by atoms with E-state index in [4.69, 9.17) is 9.84 Å². The summed E-state index contributed by atoms with van der Waals surface area (Å²) in [7, 11) is -3.12. The van der Waals surface area contributed by atoms with Gasteiger partial charge in [0.2, 0.25) is 5.91 Å². The summed E-state index contributed by atoms with van der Waals surface area (Å²) in [6, 6.07) is -0.346. The molecule has 0 aliphatic carbocycles. The molecule has 1 heterocycles. The number of morpholine rings is 1. The predicted molar refractivity (Wildman–Crippen MR) is 57.7 cm³/mol. The van der Waals surface area contributed by atoms with Crippen LogP contribution in [-0.2, 0) is 19.4 Å². The molecule has 0 aromatic carbocycles. The normalized spacial score (nSPS) is 22.1. The van der Waals surface area contributed by atoms with Crippen LogP contribution in [-0.4, -0.2) is 68.7 Å². The molecule has 16 heavy (non-hydrogen) atoms. The monoisotopic (exact) mass is 251 g/mol. The fourth-order valence-electron chi connectivity index (χ4n) is 1.55. The summed E-state index contributed by atoms with van der Waals surface area (Å²) in [5.74, 6) is -0.394. The van der Waals surface area contributed by atoms with E-state index in [0.717, 1.165) is 6.26 Å². The zero-order valence-corrected chi connectivity index (χ0v) is 10.1. The van der Waals surface area contributed by atoms with Gasteiger partial charge in [0.05, 0.1) is 31.6 Å². The van der Waals surface area contributed by atoms with Crippen molar-refractivity contribution in [2.75, 3.05) is 38.4 Å². The number of hydrogen-bond donors (Lipinski definition) is 1. The highest BCUT2D eigenvalue weighted by Gasteiger charge is 2.26. The van der Waals surface area contributed by atoms with Crippen molar-refractivity contribution in [3.05, 3.63) is 0 Å². The van der Waals surface area contributed by atoms with Crippen LogP contribution in [0.25, 0.3) is 0 Å². The van der Waals surface area contributed by atoms with Gasteiger partial charge < -0.3 is 14.7 Å². The molecule has 1 aliphatic heterocycles. The van der Waals surface area contributed by atoms with Crippen LogP contribution in [0.2, 0.25) is 0 Å². The largest absolute Gasteiger partial charge is 0.394 e. The van der Waals surface area contributed by atoms with Gasteiger partial charge in [-0.3, -0.25) is 4.79 Å². The first-order valence-electron chi connectivity index (χ1n) is 5.10. The molecule has 1 unspecified atom stereocenters. The van der Waals surface area contributed by atoms with E-state index in [1.165, 1.54) is 4.90 Å². The molecule has 1 atom stereocenters. The lowest BCUT2D eigenvalue weighted by Gasteiger charge is -2.34. The highest BCUT2D eigenvalue weighted by atomic mass is 32.2. The minimum Gasteiger partial charge on any atom is -0.394 e. The molecule has 6 nitrogen and oxygen atoms in total. The molecule has 1 saturated heterocycles. The molecule has 1 aliphatic rings. The summed E-state index contributed by atoms with van der Waals surface area (Å²) >= 11 is 0. The Morgan fingerprint density at radius 2 is 2.25 bits per heavy atom. The number of rotatable bonds is 4. The number of amides is 1. The summed E-state index contributed by atoms with van der Waals surface area (Å²) in [6.45, 7) is 0.987. The molecule has 0 radical (unpaired) electrons. The van der Waals surface area contributed by atoms with Crippen LogP contribution in [0.1, 0.15) is 6.42 Å². The van der Waals surface area contributed by atoms with Crippen molar-refractivity contribution in [2.24, 2.45) is 0 Å². The summed E-state index contributed by atoms with van der Waals surface area (Å²) in [5.41, 5.74) is 0. The molecule has 0 bridgehead atoms. The summed E-state index contributed by atoms with van der Waals surface area (Å²) < 4.78 is 27.0. The first kappa shape index (κ1) is 13.4. The van der Waals surface area contributed by atoms with Crippen LogP contribution < -0.4 is 0 Å². The standard InChI is InChI=1S/C9H17NO5S/c1-16(13,14)5-2-9(12)10-3-4-15-7-8(10)6-11/h8,11H,2-7H2,1H3. The van der Waals surface area contributed by atoms with Crippen molar-refractivity contribution in [3.63, 3.8) is 0 Å². The van der Waals surface area contributed by atoms with Gasteiger partial charge in [-0.2, -0.15) is 0 Å². The zero-order chi connectivity index (χ0) is 12.2. The Hall–Kier alpha value is -0.660. The number of hydrogen-bond acceptors (Lipinski definition) is 5. The van der Waals surface area contributed by atoms with E-state index in [9.17, 15) is 13.2 Å². The molecule has 0 aromatic heterocycles. The maximum absolute atomic E-state index is 11.7. The Labute approximate surface area is 95.1 Å². The second kappa shape index (κ2) is 5.60. The lowest BCUT2D eigenvalue weighted by molar-refractivity contribution is -0.141. The molecule has 1 N–H and O–H groups in total. The van der Waals surface area contributed by atoms with Crippen LogP contribution in [0.3, 0.4) is 0 Å². The molecule has 0 saturated carbocycles. The van der Waals surface area contributed by atoms with E-state index in [1.807, 2.05) is 0 Å². The smallest absolute Gasteiger partial charge is 0.224 e. The van der Waals surface area contributed by atoms with E-state index in [2.05, 4.69) is 0 Å². The Morgan fingerprint density at radius 3 is 2.81 bits per heavy atom. The second-order valence-corrected chi connectivity index (χ2v) is 6.14. The van der Waals surface area contributed by atoms with E-state index < -0.39 is 9.84 Å². The summed E-state index contributed by atoms with van der Waals surface area (Å²) in [5, 5.41) is 9.05. The van der Waals surface area contributed by atoms with Crippen molar-refractivity contribution in [3.8, 4) is 0 Å². The van der Waals surface area contributed by atoms with E-state index in [1.54, 1.807) is 0 Å². The van der Waals surface area contributed by atoms with Crippen LogP contribution in [0.5, 0.6) is 0 Å². The average Bonchev–Trinajstić information content (AvgIpc) is 2.25. The molecule has 7 heteroatoms. The molecule has 94 valence electrons. The van der Waals surface area contributed by atoms with Gasteiger partial charge in [0.1, 0.15) is 9.84 Å². The number of nitrogens with zero attached hydrogens (tertiary/aromatic N) is 1. The number of ether oxygens (including phenoxy) is 1. The fourth-order valence-corrected chi connectivity index (χ4v) is 2.10. The van der Waals surface area contributed by atoms with Gasteiger partial charge in [0.25, 0.3) is 0 Å². The molecule has 1 amide bonds. The number of carbonyl (C=O) groups excluding carboxylic acids is 1. The van der Waals surface area contributed by atoms with Gasteiger partial charge in [-0.25, -0.2) is 8.42 Å². The summed E-state index contributed by atoms with van der Waals surface area (Å²) in [4.78, 5) is 13.2. The van der Waals surface area contributed by atoms with Crippen LogP contribution >= 0.6 is 0 Å². The van der Waals surface area contributed by atoms with Crippen molar-refractivity contribution in [1.82, 2.24) is 4.90 Å². The first-order valence-corrected chi connectivity index (χ1v) is 7.16. The van der Waals surface area contributed by atoms with Crippen LogP contribution in [0, 0.1) is 0 Å². The molecule has 1 fully saturated rings. The third-order valence-corrected chi connectivity index (χ3v) is 3.39. The Balaban J connectivity index is 2.51. The number of aliphatic hydroxyl groups excluding tert-OH is 1. The SMILES string of the molecule is CS(=O)(=O)CCC(=O)N1CCOCC1CO. The average molecular weight is 251 g/mol. The van der Waals surface area contributed by atoms with Gasteiger partial charge in [-0.1, -0.05) is 0 Å². The number of sulfone groups is 1. The van der Waals surface area contributed by atoms with Gasteiger partial charge in [0.15, 0.2) is 0 Å². The summed E-state index contributed by atoms with van der Waals surface area (Å²) in [6.07, 6.45) is 1.07. The van der Waals surface area contributed by atoms with Gasteiger partial charge >= 0.3 is 0 Å². The molecular weight excluding hydrogens is 234 g/mol. The predicted octanol–water partition coefficient (Wildman–Crippen LogP) is -1.36. The van der Waals surface area contributed by atoms with E-state index in [-0.39, 0.29) is 30.7 Å². The van der Waals surface area contributed by atoms with Crippen molar-refractivity contribution in [2.45, 2.75) is 12.5 Å². The second-order valence-electron chi connectivity index (χ2n) is 3.88. The molecular formula is C9H17NO5S. The van der Waals surface area contributed by atoms with E-state index >= 15 is 0 Å². The minimum absolute atomic E-state index is 0.0324. The maximum Gasteiger partial charge on any atom is 0.224 e. The third-order valence-electron chi connectivity index (χ3n) is 2.45. The van der Waals surface area contributed by atoms with Gasteiger partial charge in [-0.15, -0.1) is 0 Å². The quantitative estimate of drug-likeness (QED) is 0.667. The molecule has 0 aromatic rings. The first-order chi connectivity index (χ1) is 7.44. The van der Waals surface area contributed by atoms with Crippen molar-refractivity contribution >= 4 is 15.7 Å². The number of carbonyl (C=O) groups is 1. The Bertz CT molecular complexity index is 340. The van der Waals surface area contributed by atoms with Crippen molar-refractivity contribution in [1.29, 1.82) is 0 Å². The lowest BCUT2D eigenvalue weighted by atomic mass is 10.2. The number of aliphatic hydroxyl groups is 1. The zero-order valence-electron chi connectivity index (χ0n) is 9.26. The Kier molecular flexibility index (Phi) is 4.69. The fraction of sp³-hybridized carbons (Fsp3) is 0.889. The van der Waals surface area contributed by atoms with Crippen molar-refractivity contribution < 1.29 is 23.1 Å².